The lowest BCUT2D eigenvalue weighted by Crippen LogP contribution is -2.37. The molecule has 0 radical (unpaired) electrons. The first-order valence-corrected chi connectivity index (χ1v) is 21.3. The molecule has 3 heterocycles. The average Bonchev–Trinajstić information content (AvgIpc) is 3.46. The minimum absolute atomic E-state index is 0.0736. The first-order valence-electron chi connectivity index (χ1n) is 21.3. The molecule has 300 valence electrons. The van der Waals surface area contributed by atoms with Gasteiger partial charge in [-0.15, -0.1) is 0 Å². The first-order chi connectivity index (χ1) is 29.8. The van der Waals surface area contributed by atoms with Crippen LogP contribution in [0.2, 0.25) is 0 Å². The van der Waals surface area contributed by atoms with Crippen LogP contribution in [0.4, 0.5) is 0 Å². The van der Waals surface area contributed by atoms with E-state index in [4.69, 9.17) is 14.7 Å². The van der Waals surface area contributed by atoms with Gasteiger partial charge in [0.25, 0.3) is 0 Å². The van der Waals surface area contributed by atoms with E-state index in [2.05, 4.69) is 102 Å². The van der Waals surface area contributed by atoms with E-state index in [0.717, 1.165) is 54.6 Å². The summed E-state index contributed by atoms with van der Waals surface area (Å²) in [4.78, 5) is 40.8. The van der Waals surface area contributed by atoms with Crippen molar-refractivity contribution in [3.8, 4) is 11.5 Å². The summed E-state index contributed by atoms with van der Waals surface area (Å²) in [5.41, 5.74) is 4.84. The summed E-state index contributed by atoms with van der Waals surface area (Å²) in [6.45, 7) is 13.3. The van der Waals surface area contributed by atoms with Crippen LogP contribution in [0.3, 0.4) is 0 Å². The molecule has 0 amide bonds. The fourth-order valence-electron chi connectivity index (χ4n) is 9.79. The van der Waals surface area contributed by atoms with Crippen molar-refractivity contribution in [1.82, 2.24) is 9.97 Å². The Kier molecular flexibility index (Phi) is 8.14. The SMILES string of the molecule is CC(C)(C)c1ccc2c(c1)C(c1ccc3c(=O)c4ccccc4c4ccccc4c3n1)(c1ccc3c(=O)c4ccccc4c4ccccc4c3n1)c1cc(C(C)(C)C)ccc1O2. The fourth-order valence-corrected chi connectivity index (χ4v) is 9.79. The highest BCUT2D eigenvalue weighted by Gasteiger charge is 2.49. The van der Waals surface area contributed by atoms with Crippen molar-refractivity contribution in [1.29, 1.82) is 0 Å². The maximum atomic E-state index is 14.7. The van der Waals surface area contributed by atoms with E-state index in [1.54, 1.807) is 0 Å². The van der Waals surface area contributed by atoms with Crippen LogP contribution in [0.5, 0.6) is 11.5 Å². The number of benzene rings is 6. The molecule has 5 nitrogen and oxygen atoms in total. The van der Waals surface area contributed by atoms with Gasteiger partial charge in [-0.1, -0.05) is 151 Å². The van der Waals surface area contributed by atoms with Crippen molar-refractivity contribution in [2.24, 2.45) is 0 Å². The summed E-state index contributed by atoms with van der Waals surface area (Å²) in [6, 6.07) is 52.9. The molecule has 10 aromatic rings. The van der Waals surface area contributed by atoms with E-state index >= 15 is 0 Å². The number of pyridine rings is 2. The summed E-state index contributed by atoms with van der Waals surface area (Å²) in [6.07, 6.45) is 0. The summed E-state index contributed by atoms with van der Waals surface area (Å²) in [5, 5.41) is 7.77. The monoisotopic (exact) mass is 804 g/mol. The molecular weight excluding hydrogens is 761 g/mol. The zero-order valence-corrected chi connectivity index (χ0v) is 35.6. The smallest absolute Gasteiger partial charge is 0.195 e. The van der Waals surface area contributed by atoms with Crippen molar-refractivity contribution in [3.05, 3.63) is 212 Å². The quantitative estimate of drug-likeness (QED) is 0.174. The van der Waals surface area contributed by atoms with Gasteiger partial charge >= 0.3 is 0 Å². The van der Waals surface area contributed by atoms with Gasteiger partial charge in [0.2, 0.25) is 0 Å². The topological polar surface area (TPSA) is 69.2 Å². The molecule has 0 atom stereocenters. The Bertz CT molecular complexity index is 3450. The standard InChI is InChI=1S/C57H44N2O3/c1-55(2,3)33-23-27-47-45(31-33)57(46-32-34(56(4,5)6)24-28-48(46)62-47,49-29-25-43-51(58-49)39-19-11-7-15-35(39)37-17-9-13-21-41(37)53(43)60)50-30-26-44-52(59-50)40-20-12-8-16-36(40)38-18-10-14-22-42(38)54(44)61/h7-32H,1-6H3. The Morgan fingerprint density at radius 2 is 0.726 bits per heavy atom. The van der Waals surface area contributed by atoms with Gasteiger partial charge in [-0.25, -0.2) is 0 Å². The minimum Gasteiger partial charge on any atom is -0.457 e. The maximum Gasteiger partial charge on any atom is 0.195 e. The van der Waals surface area contributed by atoms with Crippen molar-refractivity contribution >= 4 is 64.9 Å². The summed E-state index contributed by atoms with van der Waals surface area (Å²) in [5.74, 6) is 1.38. The third-order valence-corrected chi connectivity index (χ3v) is 13.1. The summed E-state index contributed by atoms with van der Waals surface area (Å²) < 4.78 is 6.94. The van der Waals surface area contributed by atoms with E-state index in [1.807, 2.05) is 97.1 Å². The average molecular weight is 805 g/mol. The van der Waals surface area contributed by atoms with Gasteiger partial charge in [-0.3, -0.25) is 19.6 Å². The third kappa shape index (κ3) is 5.47. The van der Waals surface area contributed by atoms with Gasteiger partial charge in [-0.2, -0.15) is 0 Å². The minimum atomic E-state index is -1.19. The van der Waals surface area contributed by atoms with Crippen LogP contribution in [-0.4, -0.2) is 9.97 Å². The zero-order valence-electron chi connectivity index (χ0n) is 35.6. The number of fused-ring (bicyclic) bond motifs is 12. The normalized spacial score (nSPS) is 13.7. The molecular formula is C57H44N2O3. The highest BCUT2D eigenvalue weighted by Crippen LogP contribution is 2.56. The number of hydrogen-bond donors (Lipinski definition) is 0. The van der Waals surface area contributed by atoms with E-state index in [-0.39, 0.29) is 21.7 Å². The lowest BCUT2D eigenvalue weighted by molar-refractivity contribution is 0.427. The fraction of sp³-hybridized carbons (Fsp3) is 0.158. The van der Waals surface area contributed by atoms with Crippen molar-refractivity contribution in [2.45, 2.75) is 57.8 Å². The van der Waals surface area contributed by atoms with E-state index in [9.17, 15) is 9.59 Å². The first kappa shape index (κ1) is 37.7. The molecule has 62 heavy (non-hydrogen) atoms. The van der Waals surface area contributed by atoms with E-state index < -0.39 is 5.41 Å². The molecule has 0 fully saturated rings. The molecule has 0 unspecified atom stereocenters. The maximum absolute atomic E-state index is 14.7. The molecule has 1 aliphatic heterocycles. The molecule has 0 bridgehead atoms. The predicted octanol–water partition coefficient (Wildman–Crippen LogP) is 13.2. The van der Waals surface area contributed by atoms with Crippen LogP contribution >= 0.6 is 0 Å². The highest BCUT2D eigenvalue weighted by molar-refractivity contribution is 6.17. The Balaban J connectivity index is 1.38. The number of aromatic nitrogens is 2. The van der Waals surface area contributed by atoms with Crippen molar-refractivity contribution in [2.75, 3.05) is 0 Å². The molecule has 8 aromatic carbocycles. The van der Waals surface area contributed by atoms with Gasteiger partial charge in [0.15, 0.2) is 10.9 Å². The molecule has 11 rings (SSSR count). The van der Waals surface area contributed by atoms with Gasteiger partial charge in [-0.05, 0) is 92.0 Å². The highest BCUT2D eigenvalue weighted by atomic mass is 16.5. The lowest BCUT2D eigenvalue weighted by atomic mass is 9.65. The largest absolute Gasteiger partial charge is 0.457 e. The van der Waals surface area contributed by atoms with Gasteiger partial charge < -0.3 is 4.74 Å². The molecule has 0 N–H and O–H groups in total. The molecule has 2 aromatic heterocycles. The Morgan fingerprint density at radius 3 is 1.10 bits per heavy atom. The van der Waals surface area contributed by atoms with Crippen LogP contribution in [-0.2, 0) is 16.2 Å². The van der Waals surface area contributed by atoms with Gasteiger partial charge in [0.1, 0.15) is 16.9 Å². The number of nitrogens with zero attached hydrogens (tertiary/aromatic N) is 2. The van der Waals surface area contributed by atoms with Crippen LogP contribution in [0.15, 0.2) is 167 Å². The number of hydrogen-bond acceptors (Lipinski definition) is 5. The lowest BCUT2D eigenvalue weighted by Gasteiger charge is -2.41. The van der Waals surface area contributed by atoms with Gasteiger partial charge in [0.05, 0.1) is 22.4 Å². The summed E-state index contributed by atoms with van der Waals surface area (Å²) >= 11 is 0. The van der Waals surface area contributed by atoms with E-state index in [1.165, 1.54) is 0 Å². The molecule has 0 saturated carbocycles. The second-order valence-electron chi connectivity index (χ2n) is 18.8. The van der Waals surface area contributed by atoms with Crippen LogP contribution in [0.1, 0.15) is 75.2 Å². The zero-order chi connectivity index (χ0) is 42.7. The molecule has 1 aliphatic rings. The van der Waals surface area contributed by atoms with Crippen LogP contribution in [0.25, 0.3) is 64.9 Å². The Hall–Kier alpha value is -7.24. The molecule has 0 aliphatic carbocycles. The van der Waals surface area contributed by atoms with Crippen molar-refractivity contribution < 1.29 is 4.74 Å². The summed E-state index contributed by atoms with van der Waals surface area (Å²) in [7, 11) is 0. The van der Waals surface area contributed by atoms with Crippen LogP contribution < -0.4 is 15.6 Å². The number of ether oxygens (including phenoxy) is 1. The van der Waals surface area contributed by atoms with Crippen LogP contribution in [0, 0.1) is 0 Å². The number of rotatable bonds is 2. The van der Waals surface area contributed by atoms with E-state index in [0.29, 0.717) is 55.5 Å². The Labute approximate surface area is 359 Å². The molecule has 5 heteroatoms. The predicted molar refractivity (Wildman–Crippen MR) is 255 cm³/mol. The van der Waals surface area contributed by atoms with Crippen molar-refractivity contribution in [3.63, 3.8) is 0 Å². The second-order valence-corrected chi connectivity index (χ2v) is 18.8. The Morgan fingerprint density at radius 1 is 0.387 bits per heavy atom. The molecule has 0 saturated heterocycles. The molecule has 0 spiro atoms. The van der Waals surface area contributed by atoms with Gasteiger partial charge in [0, 0.05) is 43.4 Å². The third-order valence-electron chi connectivity index (χ3n) is 13.1. The second kappa shape index (κ2) is 13.4.